The molecule has 5 rings (SSSR count). The molecule has 1 aromatic heterocycles. The third-order valence-corrected chi connectivity index (χ3v) is 8.50. The highest BCUT2D eigenvalue weighted by Gasteiger charge is 2.20. The number of hydrogen-bond acceptors (Lipinski definition) is 8. The minimum atomic E-state index is -4.02. The second-order valence-corrected chi connectivity index (χ2v) is 11.5. The third-order valence-electron chi connectivity index (χ3n) is 5.62. The molecule has 2 N–H and O–H groups in total. The monoisotopic (exact) mass is 555 g/mol. The summed E-state index contributed by atoms with van der Waals surface area (Å²) in [5, 5.41) is 18.4. The minimum Gasteiger partial charge on any atom is -0.436 e. The average molecular weight is 556 g/mol. The quantitative estimate of drug-likeness (QED) is 0.288. The second-order valence-electron chi connectivity index (χ2n) is 8.21. The molecule has 0 amide bonds. The van der Waals surface area contributed by atoms with E-state index in [1.165, 1.54) is 60.7 Å². The van der Waals surface area contributed by atoms with Crippen LogP contribution >= 0.6 is 0 Å². The van der Waals surface area contributed by atoms with Gasteiger partial charge >= 0.3 is 0 Å². The molecule has 0 unspecified atom stereocenters. The van der Waals surface area contributed by atoms with Crippen LogP contribution in [0.5, 0.6) is 0 Å². The summed E-state index contributed by atoms with van der Waals surface area (Å²) in [6, 6.07) is 26.4. The zero-order chi connectivity index (χ0) is 27.6. The topological polar surface area (TPSA) is 166 Å². The first-order valence-electron chi connectivity index (χ1n) is 11.2. The van der Waals surface area contributed by atoms with Crippen molar-refractivity contribution in [2.75, 3.05) is 9.44 Å². The van der Waals surface area contributed by atoms with E-state index in [0.717, 1.165) is 0 Å². The number of nitrogens with one attached hydrogen (secondary N) is 2. The van der Waals surface area contributed by atoms with E-state index in [0.29, 0.717) is 16.7 Å². The summed E-state index contributed by atoms with van der Waals surface area (Å²) in [6.07, 6.45) is 0. The van der Waals surface area contributed by atoms with Gasteiger partial charge in [-0.15, -0.1) is 0 Å². The maximum atomic E-state index is 12.8. The highest BCUT2D eigenvalue weighted by atomic mass is 32.2. The van der Waals surface area contributed by atoms with Gasteiger partial charge in [-0.3, -0.25) is 9.44 Å². The van der Waals surface area contributed by atoms with Gasteiger partial charge in [-0.1, -0.05) is 24.3 Å². The molecular formula is C27H17N5O5S2. The smallest absolute Gasteiger partial charge is 0.263 e. The summed E-state index contributed by atoms with van der Waals surface area (Å²) in [5.74, 6) is 0.240. The number of anilines is 2. The van der Waals surface area contributed by atoms with Crippen molar-refractivity contribution in [2.45, 2.75) is 9.79 Å². The Balaban J connectivity index is 1.37. The zero-order valence-corrected chi connectivity index (χ0v) is 21.5. The molecule has 1 heterocycles. The Morgan fingerprint density at radius 1 is 0.667 bits per heavy atom. The molecule has 0 aliphatic heterocycles. The molecule has 0 bridgehead atoms. The van der Waals surface area contributed by atoms with Crippen LogP contribution in [-0.4, -0.2) is 21.8 Å². The molecule has 0 aliphatic rings. The van der Waals surface area contributed by atoms with Gasteiger partial charge < -0.3 is 4.42 Å². The normalized spacial score (nSPS) is 11.4. The fourth-order valence-corrected chi connectivity index (χ4v) is 6.23. The summed E-state index contributed by atoms with van der Waals surface area (Å²) < 4.78 is 61.9. The molecule has 0 atom stereocenters. The van der Waals surface area contributed by atoms with Crippen molar-refractivity contribution in [3.8, 4) is 23.6 Å². The molecule has 5 aromatic rings. The number of hydrogen-bond donors (Lipinski definition) is 2. The molecular weight excluding hydrogens is 538 g/mol. The van der Waals surface area contributed by atoms with Crippen LogP contribution in [0, 0.1) is 22.7 Å². The number of sulfonamides is 2. The van der Waals surface area contributed by atoms with Crippen LogP contribution in [0.25, 0.3) is 22.6 Å². The SMILES string of the molecule is N#Cc1ccccc1S(=O)(=O)Nc1ccc(-c2nc3cc(NS(=O)(=O)c4ccccc4C#N)ccc3o2)cc1. The number of aromatic nitrogens is 1. The maximum absolute atomic E-state index is 12.8. The van der Waals surface area contributed by atoms with Crippen LogP contribution in [0.2, 0.25) is 0 Å². The number of rotatable bonds is 7. The van der Waals surface area contributed by atoms with Gasteiger partial charge in [0.25, 0.3) is 20.0 Å². The summed E-state index contributed by atoms with van der Waals surface area (Å²) in [4.78, 5) is 4.16. The first-order chi connectivity index (χ1) is 18.7. The lowest BCUT2D eigenvalue weighted by Crippen LogP contribution is -2.14. The van der Waals surface area contributed by atoms with Crippen LogP contribution < -0.4 is 9.44 Å². The van der Waals surface area contributed by atoms with Gasteiger partial charge in [0.15, 0.2) is 5.58 Å². The van der Waals surface area contributed by atoms with Gasteiger partial charge in [0.2, 0.25) is 5.89 Å². The van der Waals surface area contributed by atoms with Crippen LogP contribution in [0.15, 0.2) is 105 Å². The van der Waals surface area contributed by atoms with Crippen molar-refractivity contribution >= 4 is 42.5 Å². The van der Waals surface area contributed by atoms with Gasteiger partial charge in [-0.05, 0) is 66.7 Å². The van der Waals surface area contributed by atoms with E-state index >= 15 is 0 Å². The standard InChI is InChI=1S/C27H17N5O5S2/c28-16-19-5-1-3-7-25(19)38(33,34)31-21-11-9-18(10-12-21)27-30-23-15-22(13-14-24(23)37-27)32-39(35,36)26-8-4-2-6-20(26)17-29/h1-15,31-32H. The average Bonchev–Trinajstić information content (AvgIpc) is 3.36. The number of benzene rings is 4. The number of fused-ring (bicyclic) bond motifs is 1. The largest absolute Gasteiger partial charge is 0.436 e. The molecule has 0 saturated heterocycles. The molecule has 0 saturated carbocycles. The fourth-order valence-electron chi connectivity index (χ4n) is 3.80. The summed E-state index contributed by atoms with van der Waals surface area (Å²) in [5.41, 5.74) is 1.91. The molecule has 10 nitrogen and oxygen atoms in total. The van der Waals surface area contributed by atoms with Crippen molar-refractivity contribution < 1.29 is 21.3 Å². The van der Waals surface area contributed by atoms with Gasteiger partial charge in [0.05, 0.1) is 16.8 Å². The summed E-state index contributed by atoms with van der Waals surface area (Å²) >= 11 is 0. The van der Waals surface area contributed by atoms with Crippen molar-refractivity contribution in [3.63, 3.8) is 0 Å². The Morgan fingerprint density at radius 2 is 1.18 bits per heavy atom. The third kappa shape index (κ3) is 5.15. The van der Waals surface area contributed by atoms with Crippen molar-refractivity contribution in [2.24, 2.45) is 0 Å². The Morgan fingerprint density at radius 3 is 1.74 bits per heavy atom. The molecule has 4 aromatic carbocycles. The van der Waals surface area contributed by atoms with E-state index in [1.807, 2.05) is 12.1 Å². The van der Waals surface area contributed by atoms with Crippen molar-refractivity contribution in [1.82, 2.24) is 4.98 Å². The van der Waals surface area contributed by atoms with E-state index in [9.17, 15) is 27.4 Å². The first-order valence-corrected chi connectivity index (χ1v) is 14.2. The summed E-state index contributed by atoms with van der Waals surface area (Å²) in [6.45, 7) is 0. The van der Waals surface area contributed by atoms with Crippen molar-refractivity contribution in [1.29, 1.82) is 10.5 Å². The van der Waals surface area contributed by atoms with Gasteiger partial charge in [-0.25, -0.2) is 21.8 Å². The Labute approximate surface area is 223 Å². The Bertz CT molecular complexity index is 2020. The molecule has 0 fully saturated rings. The van der Waals surface area contributed by atoms with Gasteiger partial charge in [-0.2, -0.15) is 10.5 Å². The molecule has 12 heteroatoms. The first kappa shape index (κ1) is 25.5. The van der Waals surface area contributed by atoms with E-state index < -0.39 is 20.0 Å². The van der Waals surface area contributed by atoms with Crippen LogP contribution in [0.3, 0.4) is 0 Å². The predicted molar refractivity (Wildman–Crippen MR) is 143 cm³/mol. The molecule has 0 radical (unpaired) electrons. The molecule has 192 valence electrons. The minimum absolute atomic E-state index is 0.0230. The number of nitrogens with zero attached hydrogens (tertiary/aromatic N) is 3. The predicted octanol–water partition coefficient (Wildman–Crippen LogP) is 4.84. The highest BCUT2D eigenvalue weighted by molar-refractivity contribution is 7.93. The van der Waals surface area contributed by atoms with E-state index in [2.05, 4.69) is 14.4 Å². The van der Waals surface area contributed by atoms with E-state index in [4.69, 9.17) is 4.42 Å². The van der Waals surface area contributed by atoms with Crippen molar-refractivity contribution in [3.05, 3.63) is 102 Å². The van der Waals surface area contributed by atoms with Gasteiger partial charge in [0, 0.05) is 11.3 Å². The zero-order valence-electron chi connectivity index (χ0n) is 19.9. The lowest BCUT2D eigenvalue weighted by atomic mass is 10.2. The Kier molecular flexibility index (Phi) is 6.50. The van der Waals surface area contributed by atoms with E-state index in [1.54, 1.807) is 30.3 Å². The summed E-state index contributed by atoms with van der Waals surface area (Å²) in [7, 11) is -8.00. The Hall–Kier alpha value is -5.17. The van der Waals surface area contributed by atoms with Gasteiger partial charge in [0.1, 0.15) is 27.4 Å². The number of oxazole rings is 1. The molecule has 0 aliphatic carbocycles. The fraction of sp³-hybridized carbons (Fsp3) is 0. The van der Waals surface area contributed by atoms with Crippen LogP contribution in [0.1, 0.15) is 11.1 Å². The highest BCUT2D eigenvalue weighted by Crippen LogP contribution is 2.29. The van der Waals surface area contributed by atoms with Crippen LogP contribution in [0.4, 0.5) is 11.4 Å². The molecule has 39 heavy (non-hydrogen) atoms. The van der Waals surface area contributed by atoms with Crippen LogP contribution in [-0.2, 0) is 20.0 Å². The lowest BCUT2D eigenvalue weighted by Gasteiger charge is -2.09. The second kappa shape index (κ2) is 9.95. The maximum Gasteiger partial charge on any atom is 0.263 e. The molecule has 0 spiro atoms. The number of nitriles is 2. The lowest BCUT2D eigenvalue weighted by molar-refractivity contribution is 0.599. The van der Waals surface area contributed by atoms with E-state index in [-0.39, 0.29) is 38.2 Å².